The molecule has 3 aromatic carbocycles. The van der Waals surface area contributed by atoms with E-state index in [1.165, 1.54) is 11.1 Å². The molecule has 0 aliphatic rings. The molecule has 0 heterocycles. The first kappa shape index (κ1) is 19.9. The highest BCUT2D eigenvalue weighted by Gasteiger charge is 2.30. The Morgan fingerprint density at radius 2 is 1.71 bits per heavy atom. The van der Waals surface area contributed by atoms with Gasteiger partial charge in [0.15, 0.2) is 0 Å². The number of alkyl halides is 3. The van der Waals surface area contributed by atoms with E-state index in [1.54, 1.807) is 6.07 Å². The van der Waals surface area contributed by atoms with Gasteiger partial charge in [0, 0.05) is 6.54 Å². The van der Waals surface area contributed by atoms with Crippen molar-refractivity contribution in [1.82, 2.24) is 5.01 Å². The van der Waals surface area contributed by atoms with Gasteiger partial charge in [-0.1, -0.05) is 60.7 Å². The van der Waals surface area contributed by atoms with Crippen molar-refractivity contribution in [2.45, 2.75) is 32.0 Å². The van der Waals surface area contributed by atoms with Crippen molar-refractivity contribution in [2.24, 2.45) is 5.29 Å². The summed E-state index contributed by atoms with van der Waals surface area (Å²) in [4.78, 5) is 11.4. The second-order valence-corrected chi connectivity index (χ2v) is 6.79. The minimum absolute atomic E-state index is 0.231. The maximum absolute atomic E-state index is 12.8. The minimum Gasteiger partial charge on any atom is -0.254 e. The summed E-state index contributed by atoms with van der Waals surface area (Å²) < 4.78 is 38.5. The van der Waals surface area contributed by atoms with Crippen molar-refractivity contribution < 1.29 is 13.2 Å². The highest BCUT2D eigenvalue weighted by molar-refractivity contribution is 5.86. The Balaban J connectivity index is 1.68. The summed E-state index contributed by atoms with van der Waals surface area (Å²) in [5, 5.41) is 6.76. The van der Waals surface area contributed by atoms with Crippen molar-refractivity contribution in [1.29, 1.82) is 0 Å². The van der Waals surface area contributed by atoms with E-state index in [0.29, 0.717) is 24.9 Å². The Labute approximate surface area is 161 Å². The van der Waals surface area contributed by atoms with Crippen molar-refractivity contribution in [3.63, 3.8) is 0 Å². The van der Waals surface area contributed by atoms with Crippen molar-refractivity contribution in [3.05, 3.63) is 88.3 Å². The van der Waals surface area contributed by atoms with Crippen LogP contribution in [0.2, 0.25) is 0 Å². The van der Waals surface area contributed by atoms with E-state index in [4.69, 9.17) is 0 Å². The number of hydrogen-bond donors (Lipinski definition) is 0. The number of aryl methyl sites for hydroxylation is 1. The molecule has 146 valence electrons. The average molecular weight is 386 g/mol. The number of rotatable bonds is 7. The summed E-state index contributed by atoms with van der Waals surface area (Å²) in [7, 11) is 0. The van der Waals surface area contributed by atoms with Crippen LogP contribution in [0.4, 0.5) is 13.2 Å². The summed E-state index contributed by atoms with van der Waals surface area (Å²) in [6, 6.07) is 18.9. The fourth-order valence-electron chi connectivity index (χ4n) is 3.43. The molecule has 0 bridgehead atoms. The SMILES string of the molecule is C[C@H](c1cccc2ccccc12)N(CCCc1cccc(C(F)(F)F)c1)N=O. The molecule has 0 aromatic heterocycles. The molecule has 0 radical (unpaired) electrons. The zero-order valence-corrected chi connectivity index (χ0v) is 15.5. The molecule has 0 saturated heterocycles. The molecule has 28 heavy (non-hydrogen) atoms. The Kier molecular flexibility index (Phi) is 5.97. The van der Waals surface area contributed by atoms with Gasteiger partial charge in [-0.3, -0.25) is 5.01 Å². The van der Waals surface area contributed by atoms with Gasteiger partial charge in [-0.25, -0.2) is 0 Å². The smallest absolute Gasteiger partial charge is 0.254 e. The Morgan fingerprint density at radius 3 is 2.46 bits per heavy atom. The van der Waals surface area contributed by atoms with Crippen LogP contribution in [-0.4, -0.2) is 11.6 Å². The average Bonchev–Trinajstić information content (AvgIpc) is 2.70. The number of fused-ring (bicyclic) bond motifs is 1. The van der Waals surface area contributed by atoms with E-state index < -0.39 is 11.7 Å². The van der Waals surface area contributed by atoms with Crippen LogP contribution in [0.25, 0.3) is 10.8 Å². The highest BCUT2D eigenvalue weighted by atomic mass is 19.4. The van der Waals surface area contributed by atoms with Crippen LogP contribution in [0.5, 0.6) is 0 Å². The number of hydrogen-bond acceptors (Lipinski definition) is 2. The predicted octanol–water partition coefficient (Wildman–Crippen LogP) is 6.54. The zero-order valence-electron chi connectivity index (χ0n) is 15.5. The van der Waals surface area contributed by atoms with Gasteiger partial charge in [0.1, 0.15) is 0 Å². The number of benzene rings is 3. The minimum atomic E-state index is -4.35. The second-order valence-electron chi connectivity index (χ2n) is 6.79. The second kappa shape index (κ2) is 8.42. The first-order valence-corrected chi connectivity index (χ1v) is 9.14. The van der Waals surface area contributed by atoms with Crippen molar-refractivity contribution >= 4 is 10.8 Å². The predicted molar refractivity (Wildman–Crippen MR) is 105 cm³/mol. The third kappa shape index (κ3) is 4.50. The molecule has 0 unspecified atom stereocenters. The molecule has 0 aliphatic heterocycles. The van der Waals surface area contributed by atoms with E-state index in [2.05, 4.69) is 5.29 Å². The van der Waals surface area contributed by atoms with Crippen molar-refractivity contribution in [3.8, 4) is 0 Å². The monoisotopic (exact) mass is 386 g/mol. The topological polar surface area (TPSA) is 32.7 Å². The molecule has 0 amide bonds. The molecule has 6 heteroatoms. The summed E-state index contributed by atoms with van der Waals surface area (Å²) in [5.74, 6) is 0. The number of nitroso groups, excluding NO2 is 1. The lowest BCUT2D eigenvalue weighted by Gasteiger charge is -2.24. The summed E-state index contributed by atoms with van der Waals surface area (Å²) in [6.45, 7) is 2.28. The first-order chi connectivity index (χ1) is 13.4. The standard InChI is InChI=1S/C22H21F3N2O/c1-16(20-13-5-10-18-9-2-3-12-21(18)20)27(26-28)14-6-8-17-7-4-11-19(15-17)22(23,24)25/h2-5,7,9-13,15-16H,6,8,14H2,1H3/t16-/m1/s1. The Bertz CT molecular complexity index is 950. The van der Waals surface area contributed by atoms with Gasteiger partial charge >= 0.3 is 6.18 Å². The molecule has 0 saturated carbocycles. The molecule has 3 nitrogen and oxygen atoms in total. The summed E-state index contributed by atoms with van der Waals surface area (Å²) in [5.41, 5.74) is 0.940. The molecule has 0 spiro atoms. The van der Waals surface area contributed by atoms with Crippen molar-refractivity contribution in [2.75, 3.05) is 6.54 Å². The van der Waals surface area contributed by atoms with E-state index in [1.807, 2.05) is 49.4 Å². The molecule has 1 atom stereocenters. The first-order valence-electron chi connectivity index (χ1n) is 9.14. The zero-order chi connectivity index (χ0) is 20.1. The molecular formula is C22H21F3N2O. The maximum atomic E-state index is 12.8. The third-order valence-electron chi connectivity index (χ3n) is 4.93. The Hall–Kier alpha value is -2.89. The normalized spacial score (nSPS) is 12.7. The van der Waals surface area contributed by atoms with Crippen LogP contribution in [0.3, 0.4) is 0 Å². The fourth-order valence-corrected chi connectivity index (χ4v) is 3.43. The lowest BCUT2D eigenvalue weighted by atomic mass is 9.99. The van der Waals surface area contributed by atoms with Crippen LogP contribution in [0, 0.1) is 4.91 Å². The summed E-state index contributed by atoms with van der Waals surface area (Å²) in [6.07, 6.45) is -3.38. The quantitative estimate of drug-likeness (QED) is 0.341. The van der Waals surface area contributed by atoms with E-state index in [-0.39, 0.29) is 6.04 Å². The molecule has 0 aliphatic carbocycles. The van der Waals surface area contributed by atoms with E-state index in [0.717, 1.165) is 28.5 Å². The fraction of sp³-hybridized carbons (Fsp3) is 0.273. The lowest BCUT2D eigenvalue weighted by Crippen LogP contribution is -2.22. The van der Waals surface area contributed by atoms with Gasteiger partial charge in [-0.2, -0.15) is 13.2 Å². The van der Waals surface area contributed by atoms with Gasteiger partial charge in [0.25, 0.3) is 0 Å². The van der Waals surface area contributed by atoms with Crippen LogP contribution < -0.4 is 0 Å². The lowest BCUT2D eigenvalue weighted by molar-refractivity contribution is -0.137. The summed E-state index contributed by atoms with van der Waals surface area (Å²) >= 11 is 0. The van der Waals surface area contributed by atoms with Gasteiger partial charge in [-0.05, 0) is 47.7 Å². The number of halogens is 3. The molecule has 3 aromatic rings. The molecule has 3 rings (SSSR count). The van der Waals surface area contributed by atoms with Gasteiger partial charge < -0.3 is 0 Å². The maximum Gasteiger partial charge on any atom is 0.416 e. The van der Waals surface area contributed by atoms with Crippen LogP contribution >= 0.6 is 0 Å². The Morgan fingerprint density at radius 1 is 1.00 bits per heavy atom. The van der Waals surface area contributed by atoms with Gasteiger partial charge in [0.2, 0.25) is 0 Å². The largest absolute Gasteiger partial charge is 0.416 e. The van der Waals surface area contributed by atoms with Gasteiger partial charge in [-0.15, -0.1) is 4.91 Å². The number of nitrogens with zero attached hydrogens (tertiary/aromatic N) is 2. The van der Waals surface area contributed by atoms with Gasteiger partial charge in [0.05, 0.1) is 16.9 Å². The molecule has 0 N–H and O–H groups in total. The van der Waals surface area contributed by atoms with Crippen LogP contribution in [0.1, 0.15) is 36.1 Å². The molecule has 0 fully saturated rings. The van der Waals surface area contributed by atoms with Crippen LogP contribution in [0.15, 0.2) is 72.0 Å². The highest BCUT2D eigenvalue weighted by Crippen LogP contribution is 2.30. The third-order valence-corrected chi connectivity index (χ3v) is 4.93. The van der Waals surface area contributed by atoms with E-state index >= 15 is 0 Å². The van der Waals surface area contributed by atoms with Crippen LogP contribution in [-0.2, 0) is 12.6 Å². The molecular weight excluding hydrogens is 365 g/mol. The van der Waals surface area contributed by atoms with E-state index in [9.17, 15) is 18.1 Å².